The normalized spacial score (nSPS) is 20.9. The first-order chi connectivity index (χ1) is 16.1. The van der Waals surface area contributed by atoms with Crippen LogP contribution in [0.5, 0.6) is 5.75 Å². The lowest BCUT2D eigenvalue weighted by Gasteiger charge is -2.29. The van der Waals surface area contributed by atoms with Gasteiger partial charge in [0.2, 0.25) is 5.78 Å². The minimum atomic E-state index is -0.727. The minimum absolute atomic E-state index is 0.00548. The Hall–Kier alpha value is -3.23. The molecule has 8 heteroatoms. The summed E-state index contributed by atoms with van der Waals surface area (Å²) in [6.45, 7) is 7.08. The van der Waals surface area contributed by atoms with E-state index in [9.17, 15) is 14.7 Å². The van der Waals surface area contributed by atoms with Gasteiger partial charge in [0.25, 0.3) is 5.91 Å². The molecule has 33 heavy (non-hydrogen) atoms. The first-order valence-electron chi connectivity index (χ1n) is 11.4. The number of Topliss-reactive ketones (excluding diaryl/α,β-unsaturated/α-hetero) is 1. The fourth-order valence-corrected chi connectivity index (χ4v) is 4.43. The highest BCUT2D eigenvalue weighted by molar-refractivity contribution is 6.46. The van der Waals surface area contributed by atoms with E-state index in [1.165, 1.54) is 17.3 Å². The van der Waals surface area contributed by atoms with Crippen LogP contribution in [0.3, 0.4) is 0 Å². The van der Waals surface area contributed by atoms with Crippen molar-refractivity contribution in [3.63, 3.8) is 0 Å². The van der Waals surface area contributed by atoms with Crippen LogP contribution in [0, 0.1) is 0 Å². The molecular weight excluding hydrogens is 422 g/mol. The Bertz CT molecular complexity index is 1000. The Kier molecular flexibility index (Phi) is 7.36. The number of morpholine rings is 1. The van der Waals surface area contributed by atoms with E-state index in [0.717, 1.165) is 39.3 Å². The molecule has 2 fully saturated rings. The van der Waals surface area contributed by atoms with Crippen molar-refractivity contribution in [2.45, 2.75) is 19.4 Å². The Morgan fingerprint density at radius 2 is 1.85 bits per heavy atom. The van der Waals surface area contributed by atoms with E-state index in [-0.39, 0.29) is 5.57 Å². The van der Waals surface area contributed by atoms with Gasteiger partial charge in [0.15, 0.2) is 0 Å². The van der Waals surface area contributed by atoms with Crippen molar-refractivity contribution in [3.8, 4) is 5.75 Å². The van der Waals surface area contributed by atoms with Gasteiger partial charge in [-0.1, -0.05) is 17.9 Å². The number of rotatable bonds is 8. The number of pyridine rings is 1. The molecule has 4 rings (SSSR count). The molecule has 1 aromatic heterocycles. The zero-order valence-corrected chi connectivity index (χ0v) is 18.8. The van der Waals surface area contributed by atoms with Gasteiger partial charge in [-0.2, -0.15) is 0 Å². The Morgan fingerprint density at radius 1 is 1.15 bits per heavy atom. The van der Waals surface area contributed by atoms with Gasteiger partial charge in [0.05, 0.1) is 32.4 Å². The Labute approximate surface area is 193 Å². The van der Waals surface area contributed by atoms with Gasteiger partial charge in [0.1, 0.15) is 18.8 Å². The SMILES string of the molecule is CCOc1ccc(C2C(=C([O-])c3ccncc3)C(=O)C(=O)N2CCC[NH+]2CCOCC2)cc1. The maximum Gasteiger partial charge on any atom is 0.295 e. The second-order valence-electron chi connectivity index (χ2n) is 8.18. The molecule has 1 unspecified atom stereocenters. The quantitative estimate of drug-likeness (QED) is 0.345. The van der Waals surface area contributed by atoms with Gasteiger partial charge < -0.3 is 24.4 Å². The van der Waals surface area contributed by atoms with Gasteiger partial charge in [-0.25, -0.2) is 0 Å². The number of ketones is 1. The number of amides is 1. The van der Waals surface area contributed by atoms with Crippen LogP contribution in [-0.4, -0.2) is 67.6 Å². The number of hydrogen-bond acceptors (Lipinski definition) is 6. The van der Waals surface area contributed by atoms with Gasteiger partial charge in [-0.15, -0.1) is 0 Å². The van der Waals surface area contributed by atoms with Crippen molar-refractivity contribution in [2.24, 2.45) is 0 Å². The largest absolute Gasteiger partial charge is 0.872 e. The minimum Gasteiger partial charge on any atom is -0.872 e. The van der Waals surface area contributed by atoms with Gasteiger partial charge >= 0.3 is 0 Å². The fourth-order valence-electron chi connectivity index (χ4n) is 4.43. The van der Waals surface area contributed by atoms with Crippen molar-refractivity contribution >= 4 is 17.4 Å². The van der Waals surface area contributed by atoms with Gasteiger partial charge in [-0.3, -0.25) is 14.6 Å². The maximum absolute atomic E-state index is 13.3. The van der Waals surface area contributed by atoms with Crippen LogP contribution < -0.4 is 14.7 Å². The number of nitrogens with zero attached hydrogens (tertiary/aromatic N) is 2. The molecule has 0 aliphatic carbocycles. The van der Waals surface area contributed by atoms with E-state index in [1.54, 1.807) is 29.2 Å². The molecule has 1 N–H and O–H groups in total. The van der Waals surface area contributed by atoms with Crippen molar-refractivity contribution < 1.29 is 29.1 Å². The molecule has 3 heterocycles. The Morgan fingerprint density at radius 3 is 2.52 bits per heavy atom. The van der Waals surface area contributed by atoms with Crippen LogP contribution in [0.1, 0.15) is 30.5 Å². The zero-order chi connectivity index (χ0) is 23.2. The number of quaternary nitrogens is 1. The van der Waals surface area contributed by atoms with E-state index in [0.29, 0.717) is 30.0 Å². The summed E-state index contributed by atoms with van der Waals surface area (Å²) in [5.74, 6) is -1.09. The van der Waals surface area contributed by atoms with Crippen LogP contribution in [0.4, 0.5) is 0 Å². The summed E-state index contributed by atoms with van der Waals surface area (Å²) in [6, 6.07) is 9.65. The maximum atomic E-state index is 13.3. The average molecular weight is 452 g/mol. The van der Waals surface area contributed by atoms with E-state index in [4.69, 9.17) is 9.47 Å². The standard InChI is InChI=1S/C25H29N3O5/c1-2-33-20-6-4-18(5-7-20)22-21(23(29)19-8-10-26-11-9-19)24(30)25(31)28(22)13-3-12-27-14-16-32-17-15-27/h4-11,22,29H,2-3,12-17H2,1H3. The predicted octanol–water partition coefficient (Wildman–Crippen LogP) is 0.00950. The molecule has 2 aliphatic heterocycles. The van der Waals surface area contributed by atoms with Crippen molar-refractivity contribution in [1.29, 1.82) is 0 Å². The highest BCUT2D eigenvalue weighted by Crippen LogP contribution is 2.39. The number of aromatic nitrogens is 1. The molecular formula is C25H29N3O5. The fraction of sp³-hybridized carbons (Fsp3) is 0.400. The molecule has 174 valence electrons. The Balaban J connectivity index is 1.65. The third kappa shape index (κ3) is 5.07. The number of carbonyl (C=O) groups is 2. The summed E-state index contributed by atoms with van der Waals surface area (Å²) in [6.07, 6.45) is 3.74. The van der Waals surface area contributed by atoms with Gasteiger partial charge in [-0.05, 0) is 42.3 Å². The summed E-state index contributed by atoms with van der Waals surface area (Å²) < 4.78 is 10.9. The van der Waals surface area contributed by atoms with Crippen LogP contribution in [0.15, 0.2) is 54.4 Å². The monoisotopic (exact) mass is 451 g/mol. The lowest BCUT2D eigenvalue weighted by Crippen LogP contribution is -3.14. The first-order valence-corrected chi connectivity index (χ1v) is 11.4. The predicted molar refractivity (Wildman–Crippen MR) is 119 cm³/mol. The number of nitrogens with one attached hydrogen (secondary N) is 1. The molecule has 0 radical (unpaired) electrons. The lowest BCUT2D eigenvalue weighted by molar-refractivity contribution is -0.908. The molecule has 8 nitrogen and oxygen atoms in total. The molecule has 1 aromatic carbocycles. The topological polar surface area (TPSA) is 96.2 Å². The van der Waals surface area contributed by atoms with Crippen LogP contribution in [0.25, 0.3) is 5.76 Å². The van der Waals surface area contributed by atoms with Crippen molar-refractivity contribution in [2.75, 3.05) is 46.0 Å². The van der Waals surface area contributed by atoms with Crippen molar-refractivity contribution in [3.05, 3.63) is 65.5 Å². The molecule has 0 saturated carbocycles. The molecule has 0 bridgehead atoms. The average Bonchev–Trinajstić information content (AvgIpc) is 3.10. The number of likely N-dealkylation sites (tertiary alicyclic amines) is 1. The highest BCUT2D eigenvalue weighted by atomic mass is 16.5. The summed E-state index contributed by atoms with van der Waals surface area (Å²) in [7, 11) is 0. The zero-order valence-electron chi connectivity index (χ0n) is 18.8. The summed E-state index contributed by atoms with van der Waals surface area (Å²) >= 11 is 0. The molecule has 2 saturated heterocycles. The highest BCUT2D eigenvalue weighted by Gasteiger charge is 2.44. The van der Waals surface area contributed by atoms with Crippen LogP contribution in [-0.2, 0) is 14.3 Å². The molecule has 1 amide bonds. The van der Waals surface area contributed by atoms with Crippen LogP contribution >= 0.6 is 0 Å². The summed E-state index contributed by atoms with van der Waals surface area (Å²) in [5, 5.41) is 13.3. The van der Waals surface area contributed by atoms with Gasteiger partial charge in [0, 0.05) is 30.9 Å². The van der Waals surface area contributed by atoms with E-state index in [2.05, 4.69) is 4.98 Å². The lowest BCUT2D eigenvalue weighted by atomic mass is 9.95. The van der Waals surface area contributed by atoms with Crippen molar-refractivity contribution in [1.82, 2.24) is 9.88 Å². The smallest absolute Gasteiger partial charge is 0.295 e. The first kappa shape index (κ1) is 22.9. The molecule has 2 aliphatic rings. The second-order valence-corrected chi connectivity index (χ2v) is 8.18. The molecule has 2 aromatic rings. The number of ether oxygens (including phenoxy) is 2. The number of carbonyl (C=O) groups excluding carboxylic acids is 2. The third-order valence-corrected chi connectivity index (χ3v) is 6.11. The summed E-state index contributed by atoms with van der Waals surface area (Å²) in [4.78, 5) is 33.0. The number of hydrogen-bond donors (Lipinski definition) is 1. The molecule has 0 spiro atoms. The van der Waals surface area contributed by atoms with E-state index in [1.807, 2.05) is 19.1 Å². The number of benzene rings is 1. The molecule has 1 atom stereocenters. The third-order valence-electron chi connectivity index (χ3n) is 6.11. The van der Waals surface area contributed by atoms with E-state index >= 15 is 0 Å². The summed E-state index contributed by atoms with van der Waals surface area (Å²) in [5.41, 5.74) is 1.06. The van der Waals surface area contributed by atoms with Crippen LogP contribution in [0.2, 0.25) is 0 Å². The second kappa shape index (κ2) is 10.6. The van der Waals surface area contributed by atoms with E-state index < -0.39 is 23.5 Å².